The van der Waals surface area contributed by atoms with E-state index in [-0.39, 0.29) is 17.4 Å². The molecule has 1 heterocycles. The molecule has 0 aliphatic heterocycles. The predicted octanol–water partition coefficient (Wildman–Crippen LogP) is 4.93. The van der Waals surface area contributed by atoms with Crippen molar-refractivity contribution in [1.29, 1.82) is 0 Å². The monoisotopic (exact) mass is 360 g/mol. The molecule has 0 saturated carbocycles. The van der Waals surface area contributed by atoms with Crippen LogP contribution >= 0.6 is 34.8 Å². The molecular formula is C15H15Cl3N2O2. The Hall–Kier alpha value is -1.23. The van der Waals surface area contributed by atoms with Crippen LogP contribution in [0.5, 0.6) is 0 Å². The summed E-state index contributed by atoms with van der Waals surface area (Å²) in [6.45, 7) is 2.32. The van der Waals surface area contributed by atoms with Gasteiger partial charge in [0.05, 0.1) is 6.54 Å². The van der Waals surface area contributed by atoms with E-state index in [1.54, 1.807) is 22.8 Å². The molecule has 2 rings (SSSR count). The molecule has 0 unspecified atom stereocenters. The van der Waals surface area contributed by atoms with Crippen LogP contribution in [0.3, 0.4) is 0 Å². The van der Waals surface area contributed by atoms with E-state index in [0.29, 0.717) is 22.3 Å². The maximum Gasteiger partial charge on any atom is 0.355 e. The van der Waals surface area contributed by atoms with E-state index in [1.165, 1.54) is 0 Å². The first-order valence-electron chi connectivity index (χ1n) is 6.86. The SMILES string of the molecule is CCCCc1nc(Cl)c(C(=O)O)n1Cc1cc(Cl)ccc1Cl. The third kappa shape index (κ3) is 3.75. The Balaban J connectivity index is 2.47. The molecule has 0 aliphatic rings. The van der Waals surface area contributed by atoms with Crippen LogP contribution in [0.4, 0.5) is 0 Å². The highest BCUT2D eigenvalue weighted by Gasteiger charge is 2.22. The number of unbranched alkanes of at least 4 members (excludes halogenated alkanes) is 1. The summed E-state index contributed by atoms with van der Waals surface area (Å²) in [4.78, 5) is 15.7. The second kappa shape index (κ2) is 7.36. The Morgan fingerprint density at radius 2 is 2.05 bits per heavy atom. The average molecular weight is 362 g/mol. The van der Waals surface area contributed by atoms with Gasteiger partial charge in [0.1, 0.15) is 5.82 Å². The standard InChI is InChI=1S/C15H15Cl3N2O2/c1-2-3-4-12-19-14(18)13(15(21)22)20(12)8-9-7-10(16)5-6-11(9)17/h5-7H,2-4,8H2,1H3,(H,21,22). The van der Waals surface area contributed by atoms with Gasteiger partial charge in [-0.25, -0.2) is 9.78 Å². The van der Waals surface area contributed by atoms with Gasteiger partial charge in [0.2, 0.25) is 0 Å². The quantitative estimate of drug-likeness (QED) is 0.793. The fourth-order valence-electron chi connectivity index (χ4n) is 2.20. The number of carboxylic acids is 1. The van der Waals surface area contributed by atoms with Crippen molar-refractivity contribution in [3.05, 3.63) is 50.5 Å². The number of imidazole rings is 1. The molecule has 0 fully saturated rings. The largest absolute Gasteiger partial charge is 0.476 e. The zero-order valence-corrected chi connectivity index (χ0v) is 14.2. The van der Waals surface area contributed by atoms with Gasteiger partial charge in [-0.2, -0.15) is 0 Å². The molecule has 0 atom stereocenters. The maximum atomic E-state index is 11.5. The van der Waals surface area contributed by atoms with Crippen molar-refractivity contribution < 1.29 is 9.90 Å². The molecule has 1 N–H and O–H groups in total. The summed E-state index contributed by atoms with van der Waals surface area (Å²) in [6, 6.07) is 5.08. The lowest BCUT2D eigenvalue weighted by Gasteiger charge is -2.11. The average Bonchev–Trinajstić information content (AvgIpc) is 2.76. The first kappa shape index (κ1) is 17.1. The van der Waals surface area contributed by atoms with Crippen molar-refractivity contribution >= 4 is 40.8 Å². The van der Waals surface area contributed by atoms with Crippen LogP contribution in [0.2, 0.25) is 15.2 Å². The molecule has 0 radical (unpaired) electrons. The summed E-state index contributed by atoms with van der Waals surface area (Å²) < 4.78 is 1.60. The second-order valence-corrected chi connectivity index (χ2v) is 6.10. The lowest BCUT2D eigenvalue weighted by molar-refractivity contribution is 0.0685. The topological polar surface area (TPSA) is 55.1 Å². The van der Waals surface area contributed by atoms with E-state index in [4.69, 9.17) is 34.8 Å². The van der Waals surface area contributed by atoms with Crippen LogP contribution in [0, 0.1) is 0 Å². The summed E-state index contributed by atoms with van der Waals surface area (Å²) in [7, 11) is 0. The van der Waals surface area contributed by atoms with Crippen LogP contribution in [0.1, 0.15) is 41.6 Å². The van der Waals surface area contributed by atoms with Gasteiger partial charge < -0.3 is 9.67 Å². The molecule has 2 aromatic rings. The predicted molar refractivity (Wildman–Crippen MR) is 88.4 cm³/mol. The van der Waals surface area contributed by atoms with E-state index in [2.05, 4.69) is 11.9 Å². The smallest absolute Gasteiger partial charge is 0.355 e. The minimum atomic E-state index is -1.11. The van der Waals surface area contributed by atoms with E-state index < -0.39 is 5.97 Å². The van der Waals surface area contributed by atoms with Gasteiger partial charge in [-0.05, 0) is 30.2 Å². The molecule has 0 saturated heterocycles. The highest BCUT2D eigenvalue weighted by atomic mass is 35.5. The Morgan fingerprint density at radius 3 is 2.68 bits per heavy atom. The van der Waals surface area contributed by atoms with Crippen molar-refractivity contribution in [3.8, 4) is 0 Å². The number of halogens is 3. The molecule has 0 aliphatic carbocycles. The molecule has 0 spiro atoms. The molecule has 1 aromatic heterocycles. The van der Waals surface area contributed by atoms with Gasteiger partial charge in [0, 0.05) is 16.5 Å². The number of aromatic nitrogens is 2. The molecule has 22 heavy (non-hydrogen) atoms. The number of aryl methyl sites for hydroxylation is 1. The van der Waals surface area contributed by atoms with Crippen LogP contribution in [-0.2, 0) is 13.0 Å². The van der Waals surface area contributed by atoms with Gasteiger partial charge in [0.25, 0.3) is 0 Å². The van der Waals surface area contributed by atoms with Crippen LogP contribution in [0.15, 0.2) is 18.2 Å². The first-order valence-corrected chi connectivity index (χ1v) is 7.99. The van der Waals surface area contributed by atoms with Gasteiger partial charge in [0.15, 0.2) is 10.8 Å². The van der Waals surface area contributed by atoms with E-state index in [1.807, 2.05) is 0 Å². The van der Waals surface area contributed by atoms with Crippen LogP contribution in [0.25, 0.3) is 0 Å². The Bertz CT molecular complexity index is 698. The third-order valence-electron chi connectivity index (χ3n) is 3.30. The number of nitrogens with zero attached hydrogens (tertiary/aromatic N) is 2. The number of aromatic carboxylic acids is 1. The zero-order valence-electron chi connectivity index (χ0n) is 11.9. The number of hydrogen-bond donors (Lipinski definition) is 1. The Morgan fingerprint density at radius 1 is 1.32 bits per heavy atom. The number of carboxylic acid groups (broad SMARTS) is 1. The summed E-state index contributed by atoms with van der Waals surface area (Å²) in [5, 5.41) is 10.4. The molecule has 4 nitrogen and oxygen atoms in total. The number of carbonyl (C=O) groups is 1. The van der Waals surface area contributed by atoms with E-state index in [0.717, 1.165) is 18.4 Å². The minimum absolute atomic E-state index is 0.00301. The highest BCUT2D eigenvalue weighted by molar-refractivity contribution is 6.33. The molecule has 0 amide bonds. The molecule has 7 heteroatoms. The molecular weight excluding hydrogens is 347 g/mol. The van der Waals surface area contributed by atoms with Crippen LogP contribution in [-0.4, -0.2) is 20.6 Å². The number of rotatable bonds is 6. The second-order valence-electron chi connectivity index (χ2n) is 4.90. The van der Waals surface area contributed by atoms with Crippen molar-refractivity contribution in [1.82, 2.24) is 9.55 Å². The minimum Gasteiger partial charge on any atom is -0.476 e. The highest BCUT2D eigenvalue weighted by Crippen LogP contribution is 2.25. The fourth-order valence-corrected chi connectivity index (χ4v) is 2.85. The van der Waals surface area contributed by atoms with Crippen molar-refractivity contribution in [2.24, 2.45) is 0 Å². The molecule has 1 aromatic carbocycles. The van der Waals surface area contributed by atoms with Gasteiger partial charge >= 0.3 is 5.97 Å². The van der Waals surface area contributed by atoms with Crippen molar-refractivity contribution in [2.75, 3.05) is 0 Å². The number of benzene rings is 1. The summed E-state index contributed by atoms with van der Waals surface area (Å²) in [5.41, 5.74) is 0.701. The lowest BCUT2D eigenvalue weighted by Crippen LogP contribution is -2.13. The van der Waals surface area contributed by atoms with E-state index >= 15 is 0 Å². The summed E-state index contributed by atoms with van der Waals surface area (Å²) in [5.74, 6) is -0.473. The normalized spacial score (nSPS) is 10.9. The molecule has 118 valence electrons. The van der Waals surface area contributed by atoms with Crippen molar-refractivity contribution in [2.45, 2.75) is 32.7 Å². The van der Waals surface area contributed by atoms with Gasteiger partial charge in [-0.3, -0.25) is 0 Å². The molecule has 0 bridgehead atoms. The number of hydrogen-bond acceptors (Lipinski definition) is 2. The summed E-state index contributed by atoms with van der Waals surface area (Å²) >= 11 is 18.1. The van der Waals surface area contributed by atoms with Gasteiger partial charge in [-0.1, -0.05) is 48.1 Å². The van der Waals surface area contributed by atoms with Gasteiger partial charge in [-0.15, -0.1) is 0 Å². The Labute approximate surface area is 143 Å². The fraction of sp³-hybridized carbons (Fsp3) is 0.333. The Kier molecular flexibility index (Phi) is 5.73. The third-order valence-corrected chi connectivity index (χ3v) is 4.16. The van der Waals surface area contributed by atoms with Crippen molar-refractivity contribution in [3.63, 3.8) is 0 Å². The first-order chi connectivity index (χ1) is 10.4. The zero-order chi connectivity index (χ0) is 16.3. The van der Waals surface area contributed by atoms with E-state index in [9.17, 15) is 9.90 Å². The lowest BCUT2D eigenvalue weighted by atomic mass is 10.2. The summed E-state index contributed by atoms with van der Waals surface area (Å²) in [6.07, 6.45) is 2.53. The maximum absolute atomic E-state index is 11.5. The van der Waals surface area contributed by atoms with Crippen LogP contribution < -0.4 is 0 Å².